The molecule has 5 nitrogen and oxygen atoms in total. The van der Waals surface area contributed by atoms with Gasteiger partial charge in [0.25, 0.3) is 0 Å². The molecule has 0 bridgehead atoms. The molecule has 122 valence electrons. The molecule has 0 aliphatic carbocycles. The third kappa shape index (κ3) is 4.45. The van der Waals surface area contributed by atoms with Gasteiger partial charge in [0.2, 0.25) is 0 Å². The zero-order valence-corrected chi connectivity index (χ0v) is 13.5. The maximum absolute atomic E-state index is 11.0. The van der Waals surface area contributed by atoms with Crippen molar-refractivity contribution in [1.29, 1.82) is 0 Å². The fourth-order valence-electron chi connectivity index (χ4n) is 2.89. The van der Waals surface area contributed by atoms with E-state index in [1.807, 2.05) is 0 Å². The van der Waals surface area contributed by atoms with Gasteiger partial charge in [-0.3, -0.25) is 9.69 Å². The van der Waals surface area contributed by atoms with E-state index in [0.717, 1.165) is 56.9 Å². The van der Waals surface area contributed by atoms with Crippen molar-refractivity contribution in [3.63, 3.8) is 0 Å². The van der Waals surface area contributed by atoms with Crippen LogP contribution in [0.5, 0.6) is 5.75 Å². The van der Waals surface area contributed by atoms with Gasteiger partial charge < -0.3 is 15.2 Å². The van der Waals surface area contributed by atoms with Crippen molar-refractivity contribution < 1.29 is 14.6 Å². The minimum atomic E-state index is -0.658. The SMILES string of the molecule is CCNCc1ccc(CN2CCC(C(=O)O)CC2)cc1OC. The topological polar surface area (TPSA) is 61.8 Å². The number of nitrogens with zero attached hydrogens (tertiary/aromatic N) is 1. The summed E-state index contributed by atoms with van der Waals surface area (Å²) in [5.74, 6) is 0.0845. The van der Waals surface area contributed by atoms with Crippen molar-refractivity contribution in [3.8, 4) is 5.75 Å². The van der Waals surface area contributed by atoms with Crippen molar-refractivity contribution in [1.82, 2.24) is 10.2 Å². The Morgan fingerprint density at radius 3 is 2.73 bits per heavy atom. The Morgan fingerprint density at radius 2 is 2.14 bits per heavy atom. The lowest BCUT2D eigenvalue weighted by Crippen LogP contribution is -2.35. The van der Waals surface area contributed by atoms with E-state index in [9.17, 15) is 4.79 Å². The number of piperidine rings is 1. The number of likely N-dealkylation sites (tertiary alicyclic amines) is 1. The van der Waals surface area contributed by atoms with Crippen LogP contribution in [0, 0.1) is 5.92 Å². The first-order chi connectivity index (χ1) is 10.6. The molecule has 5 heteroatoms. The molecule has 0 aromatic heterocycles. The van der Waals surface area contributed by atoms with Crippen molar-refractivity contribution in [3.05, 3.63) is 29.3 Å². The van der Waals surface area contributed by atoms with E-state index in [2.05, 4.69) is 35.3 Å². The van der Waals surface area contributed by atoms with Gasteiger partial charge in [-0.15, -0.1) is 0 Å². The van der Waals surface area contributed by atoms with Gasteiger partial charge in [0.1, 0.15) is 5.75 Å². The number of carboxylic acids is 1. The van der Waals surface area contributed by atoms with E-state index in [4.69, 9.17) is 9.84 Å². The standard InChI is InChI=1S/C17H26N2O3/c1-3-18-11-15-5-4-13(10-16(15)22-2)12-19-8-6-14(7-9-19)17(20)21/h4-5,10,14,18H,3,6-9,11-12H2,1-2H3,(H,20,21). The quantitative estimate of drug-likeness (QED) is 0.808. The summed E-state index contributed by atoms with van der Waals surface area (Å²) in [6.45, 7) is 6.37. The molecule has 22 heavy (non-hydrogen) atoms. The second kappa shape index (κ2) is 8.15. The van der Waals surface area contributed by atoms with Crippen LogP contribution in [0.25, 0.3) is 0 Å². The van der Waals surface area contributed by atoms with E-state index >= 15 is 0 Å². The molecule has 0 saturated carbocycles. The van der Waals surface area contributed by atoms with Crippen LogP contribution >= 0.6 is 0 Å². The fraction of sp³-hybridized carbons (Fsp3) is 0.588. The second-order valence-corrected chi connectivity index (χ2v) is 5.82. The minimum Gasteiger partial charge on any atom is -0.496 e. The first kappa shape index (κ1) is 16.8. The van der Waals surface area contributed by atoms with Crippen molar-refractivity contribution in [2.24, 2.45) is 5.92 Å². The van der Waals surface area contributed by atoms with Crippen molar-refractivity contribution in [2.45, 2.75) is 32.9 Å². The summed E-state index contributed by atoms with van der Waals surface area (Å²) in [7, 11) is 1.70. The minimum absolute atomic E-state index is 0.173. The molecule has 1 heterocycles. The van der Waals surface area contributed by atoms with Gasteiger partial charge in [-0.1, -0.05) is 19.1 Å². The van der Waals surface area contributed by atoms with Crippen LogP contribution in [-0.4, -0.2) is 42.7 Å². The van der Waals surface area contributed by atoms with Crippen LogP contribution in [0.1, 0.15) is 30.9 Å². The highest BCUT2D eigenvalue weighted by atomic mass is 16.5. The molecule has 1 aromatic rings. The van der Waals surface area contributed by atoms with Crippen LogP contribution in [0.15, 0.2) is 18.2 Å². The average Bonchev–Trinajstić information content (AvgIpc) is 2.54. The Balaban J connectivity index is 1.94. The lowest BCUT2D eigenvalue weighted by atomic mass is 9.96. The third-order valence-electron chi connectivity index (χ3n) is 4.26. The Kier molecular flexibility index (Phi) is 6.21. The van der Waals surface area contributed by atoms with Crippen LogP contribution in [0.4, 0.5) is 0 Å². The van der Waals surface area contributed by atoms with E-state index in [1.54, 1.807) is 7.11 Å². The molecule has 0 unspecified atom stereocenters. The van der Waals surface area contributed by atoms with Crippen LogP contribution in [0.2, 0.25) is 0 Å². The van der Waals surface area contributed by atoms with Crippen LogP contribution in [0.3, 0.4) is 0 Å². The third-order valence-corrected chi connectivity index (χ3v) is 4.26. The lowest BCUT2D eigenvalue weighted by Gasteiger charge is -2.30. The predicted octanol–water partition coefficient (Wildman–Crippen LogP) is 2.10. The smallest absolute Gasteiger partial charge is 0.306 e. The number of rotatable bonds is 7. The molecule has 0 spiro atoms. The Hall–Kier alpha value is -1.59. The van der Waals surface area contributed by atoms with Crippen LogP contribution in [-0.2, 0) is 17.9 Å². The molecule has 1 saturated heterocycles. The highest BCUT2D eigenvalue weighted by Crippen LogP contribution is 2.23. The highest BCUT2D eigenvalue weighted by Gasteiger charge is 2.24. The molecule has 0 radical (unpaired) electrons. The Morgan fingerprint density at radius 1 is 1.41 bits per heavy atom. The number of carboxylic acid groups (broad SMARTS) is 1. The highest BCUT2D eigenvalue weighted by molar-refractivity contribution is 5.70. The average molecular weight is 306 g/mol. The largest absolute Gasteiger partial charge is 0.496 e. The summed E-state index contributed by atoms with van der Waals surface area (Å²) >= 11 is 0. The van der Waals surface area contributed by atoms with E-state index in [-0.39, 0.29) is 5.92 Å². The molecule has 2 N–H and O–H groups in total. The zero-order chi connectivity index (χ0) is 15.9. The van der Waals surface area contributed by atoms with Crippen LogP contribution < -0.4 is 10.1 Å². The maximum Gasteiger partial charge on any atom is 0.306 e. The molecule has 1 fully saturated rings. The predicted molar refractivity (Wildman–Crippen MR) is 86.0 cm³/mol. The van der Waals surface area contributed by atoms with Gasteiger partial charge in [-0.05, 0) is 44.1 Å². The van der Waals surface area contributed by atoms with Crippen molar-refractivity contribution in [2.75, 3.05) is 26.7 Å². The van der Waals surface area contributed by atoms with E-state index < -0.39 is 5.97 Å². The number of aliphatic carboxylic acids is 1. The van der Waals surface area contributed by atoms with Gasteiger partial charge >= 0.3 is 5.97 Å². The second-order valence-electron chi connectivity index (χ2n) is 5.82. The molecule has 2 rings (SSSR count). The summed E-state index contributed by atoms with van der Waals surface area (Å²) in [4.78, 5) is 13.3. The number of hydrogen-bond acceptors (Lipinski definition) is 4. The van der Waals surface area contributed by atoms with E-state index in [0.29, 0.717) is 0 Å². The first-order valence-corrected chi connectivity index (χ1v) is 7.95. The van der Waals surface area contributed by atoms with Gasteiger partial charge in [-0.25, -0.2) is 0 Å². The summed E-state index contributed by atoms with van der Waals surface area (Å²) in [6.07, 6.45) is 1.48. The molecule has 1 aliphatic rings. The normalized spacial score (nSPS) is 16.6. The van der Waals surface area contributed by atoms with Gasteiger partial charge in [0.05, 0.1) is 13.0 Å². The van der Waals surface area contributed by atoms with E-state index in [1.165, 1.54) is 5.56 Å². The molecule has 0 amide bonds. The number of hydrogen-bond donors (Lipinski definition) is 2. The summed E-state index contributed by atoms with van der Waals surface area (Å²) in [5.41, 5.74) is 2.38. The Bertz CT molecular complexity index is 497. The summed E-state index contributed by atoms with van der Waals surface area (Å²) in [5, 5.41) is 12.4. The first-order valence-electron chi connectivity index (χ1n) is 7.95. The van der Waals surface area contributed by atoms with Gasteiger partial charge in [-0.2, -0.15) is 0 Å². The number of ether oxygens (including phenoxy) is 1. The molecule has 0 atom stereocenters. The number of methoxy groups -OCH3 is 1. The summed E-state index contributed by atoms with van der Waals surface area (Å²) < 4.78 is 5.48. The summed E-state index contributed by atoms with van der Waals surface area (Å²) in [6, 6.07) is 6.34. The number of benzene rings is 1. The van der Waals surface area contributed by atoms with Crippen molar-refractivity contribution >= 4 is 5.97 Å². The maximum atomic E-state index is 11.0. The number of carbonyl (C=O) groups is 1. The molecular formula is C17H26N2O3. The Labute approximate surface area is 132 Å². The van der Waals surface area contributed by atoms with Gasteiger partial charge in [0, 0.05) is 18.7 Å². The monoisotopic (exact) mass is 306 g/mol. The fourth-order valence-corrected chi connectivity index (χ4v) is 2.89. The number of nitrogens with one attached hydrogen (secondary N) is 1. The lowest BCUT2D eigenvalue weighted by molar-refractivity contribution is -0.143. The van der Waals surface area contributed by atoms with Gasteiger partial charge in [0.15, 0.2) is 0 Å². The molecule has 1 aromatic carbocycles. The zero-order valence-electron chi connectivity index (χ0n) is 13.5. The molecule has 1 aliphatic heterocycles. The molecular weight excluding hydrogens is 280 g/mol.